The van der Waals surface area contributed by atoms with E-state index in [4.69, 9.17) is 9.47 Å². The molecule has 1 aromatic carbocycles. The van der Waals surface area contributed by atoms with Crippen molar-refractivity contribution in [2.24, 2.45) is 0 Å². The van der Waals surface area contributed by atoms with E-state index in [0.29, 0.717) is 17.9 Å². The first-order chi connectivity index (χ1) is 7.36. The largest absolute Gasteiger partial charge is 0.454 e. The SMILES string of the molecule is O=C1CCCSc2ccc3c(c21)OCO3. The molecule has 0 aliphatic carbocycles. The van der Waals surface area contributed by atoms with Crippen LogP contribution in [0.3, 0.4) is 0 Å². The van der Waals surface area contributed by atoms with Crippen LogP contribution in [0.4, 0.5) is 0 Å². The van der Waals surface area contributed by atoms with Crippen LogP contribution in [0.25, 0.3) is 0 Å². The fourth-order valence-corrected chi connectivity index (χ4v) is 2.90. The van der Waals surface area contributed by atoms with Gasteiger partial charge >= 0.3 is 0 Å². The molecule has 0 fully saturated rings. The molecule has 0 aromatic heterocycles. The maximum absolute atomic E-state index is 11.9. The number of benzene rings is 1. The van der Waals surface area contributed by atoms with Crippen LogP contribution in [-0.2, 0) is 0 Å². The van der Waals surface area contributed by atoms with Gasteiger partial charge in [-0.1, -0.05) is 0 Å². The Balaban J connectivity index is 2.19. The van der Waals surface area contributed by atoms with E-state index in [0.717, 1.165) is 22.6 Å². The Bertz CT molecular complexity index is 428. The molecule has 0 spiro atoms. The van der Waals surface area contributed by atoms with Crippen LogP contribution in [0.2, 0.25) is 0 Å². The van der Waals surface area contributed by atoms with Gasteiger partial charge < -0.3 is 9.47 Å². The Labute approximate surface area is 91.8 Å². The maximum atomic E-state index is 11.9. The summed E-state index contributed by atoms with van der Waals surface area (Å²) in [7, 11) is 0. The quantitative estimate of drug-likeness (QED) is 0.675. The Hall–Kier alpha value is -1.16. The van der Waals surface area contributed by atoms with E-state index in [9.17, 15) is 4.79 Å². The van der Waals surface area contributed by atoms with Crippen LogP contribution in [-0.4, -0.2) is 18.3 Å². The summed E-state index contributed by atoms with van der Waals surface area (Å²) >= 11 is 1.72. The number of fused-ring (bicyclic) bond motifs is 3. The van der Waals surface area contributed by atoms with E-state index in [1.807, 2.05) is 12.1 Å². The third kappa shape index (κ3) is 1.40. The summed E-state index contributed by atoms with van der Waals surface area (Å²) in [6.07, 6.45) is 1.55. The van der Waals surface area contributed by atoms with Crippen LogP contribution in [0.15, 0.2) is 17.0 Å². The van der Waals surface area contributed by atoms with Gasteiger partial charge in [-0.3, -0.25) is 4.79 Å². The van der Waals surface area contributed by atoms with Crippen molar-refractivity contribution in [3.63, 3.8) is 0 Å². The highest BCUT2D eigenvalue weighted by Crippen LogP contribution is 2.42. The minimum Gasteiger partial charge on any atom is -0.454 e. The molecule has 0 bridgehead atoms. The summed E-state index contributed by atoms with van der Waals surface area (Å²) in [6.45, 7) is 0.226. The number of Topliss-reactive ketones (excluding diaryl/α,β-unsaturated/α-hetero) is 1. The van der Waals surface area contributed by atoms with Crippen molar-refractivity contribution >= 4 is 17.5 Å². The van der Waals surface area contributed by atoms with Gasteiger partial charge in [-0.25, -0.2) is 0 Å². The van der Waals surface area contributed by atoms with Gasteiger partial charge in [0.05, 0.1) is 5.56 Å². The average molecular weight is 222 g/mol. The predicted octanol–water partition coefficient (Wildman–Crippen LogP) is 2.48. The van der Waals surface area contributed by atoms with E-state index >= 15 is 0 Å². The molecular weight excluding hydrogens is 212 g/mol. The first-order valence-corrected chi connectivity index (χ1v) is 5.93. The number of rotatable bonds is 0. The molecule has 3 nitrogen and oxygen atoms in total. The number of thioether (sulfide) groups is 1. The van der Waals surface area contributed by atoms with Crippen LogP contribution >= 0.6 is 11.8 Å². The lowest BCUT2D eigenvalue weighted by Crippen LogP contribution is -2.01. The van der Waals surface area contributed by atoms with Crippen molar-refractivity contribution in [1.29, 1.82) is 0 Å². The van der Waals surface area contributed by atoms with Crippen LogP contribution in [0, 0.1) is 0 Å². The second-order valence-corrected chi connectivity index (χ2v) is 4.68. The van der Waals surface area contributed by atoms with Gasteiger partial charge in [0.1, 0.15) is 0 Å². The van der Waals surface area contributed by atoms with Crippen molar-refractivity contribution in [1.82, 2.24) is 0 Å². The molecule has 0 N–H and O–H groups in total. The second-order valence-electron chi connectivity index (χ2n) is 3.55. The normalized spacial score (nSPS) is 18.5. The average Bonchev–Trinajstić information content (AvgIpc) is 2.63. The van der Waals surface area contributed by atoms with Crippen molar-refractivity contribution in [3.8, 4) is 11.5 Å². The minimum absolute atomic E-state index is 0.178. The molecule has 78 valence electrons. The molecule has 0 radical (unpaired) electrons. The molecule has 0 saturated carbocycles. The molecule has 0 unspecified atom stereocenters. The van der Waals surface area contributed by atoms with Crippen molar-refractivity contribution < 1.29 is 14.3 Å². The molecule has 2 aliphatic rings. The van der Waals surface area contributed by atoms with Crippen molar-refractivity contribution in [2.75, 3.05) is 12.5 Å². The molecule has 2 heterocycles. The molecule has 3 rings (SSSR count). The van der Waals surface area contributed by atoms with Crippen molar-refractivity contribution in [3.05, 3.63) is 17.7 Å². The van der Waals surface area contributed by atoms with Crippen LogP contribution in [0.1, 0.15) is 23.2 Å². The number of ether oxygens (including phenoxy) is 2. The number of carbonyl (C=O) groups excluding carboxylic acids is 1. The molecule has 1 aromatic rings. The molecule has 2 aliphatic heterocycles. The van der Waals surface area contributed by atoms with Gasteiger partial charge in [-0.15, -0.1) is 11.8 Å². The summed E-state index contributed by atoms with van der Waals surface area (Å²) in [5, 5.41) is 0. The molecular formula is C11H10O3S. The van der Waals surface area contributed by atoms with Gasteiger partial charge in [-0.05, 0) is 24.3 Å². The van der Waals surface area contributed by atoms with E-state index in [-0.39, 0.29) is 12.6 Å². The van der Waals surface area contributed by atoms with E-state index in [1.165, 1.54) is 0 Å². The standard InChI is InChI=1S/C11H10O3S/c12-7-2-1-5-15-9-4-3-8-11(10(7)9)14-6-13-8/h3-4H,1-2,5-6H2. The highest BCUT2D eigenvalue weighted by Gasteiger charge is 2.26. The van der Waals surface area contributed by atoms with Crippen molar-refractivity contribution in [2.45, 2.75) is 17.7 Å². The molecule has 4 heteroatoms. The maximum Gasteiger partial charge on any atom is 0.231 e. The van der Waals surface area contributed by atoms with E-state index in [2.05, 4.69) is 0 Å². The fourth-order valence-electron chi connectivity index (χ4n) is 1.88. The Morgan fingerprint density at radius 3 is 3.13 bits per heavy atom. The predicted molar refractivity (Wildman–Crippen MR) is 56.9 cm³/mol. The molecule has 0 atom stereocenters. The third-order valence-electron chi connectivity index (χ3n) is 2.59. The van der Waals surface area contributed by atoms with E-state index < -0.39 is 0 Å². The van der Waals surface area contributed by atoms with Crippen LogP contribution in [0.5, 0.6) is 11.5 Å². The highest BCUT2D eigenvalue weighted by molar-refractivity contribution is 7.99. The lowest BCUT2D eigenvalue weighted by Gasteiger charge is -2.06. The Morgan fingerprint density at radius 2 is 2.20 bits per heavy atom. The monoisotopic (exact) mass is 222 g/mol. The summed E-state index contributed by atoms with van der Waals surface area (Å²) in [5.74, 6) is 2.52. The van der Waals surface area contributed by atoms with Gasteiger partial charge in [0.2, 0.25) is 6.79 Å². The molecule has 15 heavy (non-hydrogen) atoms. The summed E-state index contributed by atoms with van der Waals surface area (Å²) < 4.78 is 10.6. The fraction of sp³-hybridized carbons (Fsp3) is 0.364. The number of carbonyl (C=O) groups is 1. The number of ketones is 1. The topological polar surface area (TPSA) is 35.5 Å². The van der Waals surface area contributed by atoms with Gasteiger partial charge in [-0.2, -0.15) is 0 Å². The zero-order valence-electron chi connectivity index (χ0n) is 8.12. The Morgan fingerprint density at radius 1 is 1.27 bits per heavy atom. The smallest absolute Gasteiger partial charge is 0.231 e. The zero-order valence-corrected chi connectivity index (χ0v) is 8.93. The first-order valence-electron chi connectivity index (χ1n) is 4.95. The number of hydrogen-bond donors (Lipinski definition) is 0. The zero-order chi connectivity index (χ0) is 10.3. The Kier molecular flexibility index (Phi) is 2.09. The lowest BCUT2D eigenvalue weighted by atomic mass is 10.1. The summed E-state index contributed by atoms with van der Waals surface area (Å²) in [5.41, 5.74) is 0.729. The third-order valence-corrected chi connectivity index (χ3v) is 3.73. The van der Waals surface area contributed by atoms with Gasteiger partial charge in [0.25, 0.3) is 0 Å². The highest BCUT2D eigenvalue weighted by atomic mass is 32.2. The second kappa shape index (κ2) is 3.45. The molecule has 0 saturated heterocycles. The first kappa shape index (κ1) is 9.09. The summed E-state index contributed by atoms with van der Waals surface area (Å²) in [4.78, 5) is 12.9. The van der Waals surface area contributed by atoms with E-state index in [1.54, 1.807) is 11.8 Å². The molecule has 0 amide bonds. The van der Waals surface area contributed by atoms with Gasteiger partial charge in [0, 0.05) is 11.3 Å². The van der Waals surface area contributed by atoms with Crippen LogP contribution < -0.4 is 9.47 Å². The minimum atomic E-state index is 0.178. The van der Waals surface area contributed by atoms with Gasteiger partial charge in [0.15, 0.2) is 17.3 Å². The lowest BCUT2D eigenvalue weighted by molar-refractivity contribution is 0.0975. The number of hydrogen-bond acceptors (Lipinski definition) is 4. The summed E-state index contributed by atoms with van der Waals surface area (Å²) in [6, 6.07) is 3.84.